The highest BCUT2D eigenvalue weighted by Gasteiger charge is 2.08. The fourth-order valence-electron chi connectivity index (χ4n) is 1.15. The number of halogens is 2. The van der Waals surface area contributed by atoms with Crippen LogP contribution in [0.2, 0.25) is 0 Å². The number of hydrogen-bond donors (Lipinski definition) is 1. The monoisotopic (exact) mass is 246 g/mol. The molecule has 0 spiro atoms. The molecule has 0 amide bonds. The van der Waals surface area contributed by atoms with Crippen LogP contribution in [-0.2, 0) is 6.42 Å². The van der Waals surface area contributed by atoms with Gasteiger partial charge in [0.25, 0.3) is 0 Å². The zero-order valence-electron chi connectivity index (χ0n) is 7.43. The first-order valence-electron chi connectivity index (χ1n) is 4.19. The van der Waals surface area contributed by atoms with Crippen molar-refractivity contribution in [1.29, 1.82) is 0 Å². The quantitative estimate of drug-likeness (QED) is 0.870. The summed E-state index contributed by atoms with van der Waals surface area (Å²) >= 11 is 3.18. The molecular formula is C10H12BrFO. The van der Waals surface area contributed by atoms with Crippen molar-refractivity contribution in [1.82, 2.24) is 0 Å². The molecule has 13 heavy (non-hydrogen) atoms. The maximum Gasteiger partial charge on any atom is 0.137 e. The average Bonchev–Trinajstić information content (AvgIpc) is 2.13. The lowest BCUT2D eigenvalue weighted by atomic mass is 10.0. The third-order valence-corrected chi connectivity index (χ3v) is 2.80. The van der Waals surface area contributed by atoms with Crippen LogP contribution in [0.4, 0.5) is 4.39 Å². The number of hydrogen-bond acceptors (Lipinski definition) is 1. The predicted octanol–water partition coefficient (Wildman–Crippen LogP) is 2.76. The van der Waals surface area contributed by atoms with Gasteiger partial charge in [-0.25, -0.2) is 4.39 Å². The Balaban J connectivity index is 2.83. The molecule has 0 aliphatic heterocycles. The molecule has 1 rings (SSSR count). The first-order valence-corrected chi connectivity index (χ1v) is 4.98. The van der Waals surface area contributed by atoms with Gasteiger partial charge in [-0.3, -0.25) is 0 Å². The normalized spacial score (nSPS) is 12.9. The van der Waals surface area contributed by atoms with E-state index in [0.29, 0.717) is 10.9 Å². The molecule has 0 fully saturated rings. The SMILES string of the molecule is CC(CO)Cc1cccc(F)c1Br. The van der Waals surface area contributed by atoms with Crippen LogP contribution < -0.4 is 0 Å². The van der Waals surface area contributed by atoms with Gasteiger partial charge in [-0.2, -0.15) is 0 Å². The Kier molecular flexibility index (Phi) is 3.88. The summed E-state index contributed by atoms with van der Waals surface area (Å²) in [7, 11) is 0. The van der Waals surface area contributed by atoms with E-state index < -0.39 is 0 Å². The zero-order chi connectivity index (χ0) is 9.84. The molecule has 1 atom stereocenters. The van der Waals surface area contributed by atoms with E-state index >= 15 is 0 Å². The molecule has 0 bridgehead atoms. The second-order valence-electron chi connectivity index (χ2n) is 3.20. The molecule has 1 N–H and O–H groups in total. The van der Waals surface area contributed by atoms with Crippen molar-refractivity contribution in [2.24, 2.45) is 5.92 Å². The Labute approximate surface area is 85.7 Å². The van der Waals surface area contributed by atoms with Crippen LogP contribution in [0.25, 0.3) is 0 Å². The van der Waals surface area contributed by atoms with Crippen LogP contribution in [0, 0.1) is 11.7 Å². The molecule has 0 heterocycles. The number of aliphatic hydroxyl groups excluding tert-OH is 1. The molecule has 72 valence electrons. The minimum atomic E-state index is -0.248. The lowest BCUT2D eigenvalue weighted by Crippen LogP contribution is -2.05. The van der Waals surface area contributed by atoms with Crippen LogP contribution in [0.3, 0.4) is 0 Å². The van der Waals surface area contributed by atoms with E-state index in [0.717, 1.165) is 5.56 Å². The van der Waals surface area contributed by atoms with Crippen LogP contribution in [-0.4, -0.2) is 11.7 Å². The lowest BCUT2D eigenvalue weighted by molar-refractivity contribution is 0.237. The molecule has 0 radical (unpaired) electrons. The van der Waals surface area contributed by atoms with E-state index in [2.05, 4.69) is 15.9 Å². The lowest BCUT2D eigenvalue weighted by Gasteiger charge is -2.09. The third kappa shape index (κ3) is 2.78. The van der Waals surface area contributed by atoms with E-state index in [1.54, 1.807) is 6.07 Å². The zero-order valence-corrected chi connectivity index (χ0v) is 9.01. The van der Waals surface area contributed by atoms with Crippen LogP contribution in [0.5, 0.6) is 0 Å². The minimum absolute atomic E-state index is 0.128. The molecule has 0 aliphatic carbocycles. The van der Waals surface area contributed by atoms with Crippen LogP contribution in [0.1, 0.15) is 12.5 Å². The van der Waals surface area contributed by atoms with Gasteiger partial charge in [-0.15, -0.1) is 0 Å². The molecule has 1 nitrogen and oxygen atoms in total. The molecule has 1 aromatic carbocycles. The topological polar surface area (TPSA) is 20.2 Å². The molecule has 0 saturated heterocycles. The van der Waals surface area contributed by atoms with E-state index in [1.165, 1.54) is 6.07 Å². The highest BCUT2D eigenvalue weighted by Crippen LogP contribution is 2.22. The van der Waals surface area contributed by atoms with Gasteiger partial charge >= 0.3 is 0 Å². The Morgan fingerprint density at radius 1 is 1.54 bits per heavy atom. The van der Waals surface area contributed by atoms with E-state index in [4.69, 9.17) is 5.11 Å². The summed E-state index contributed by atoms with van der Waals surface area (Å²) < 4.78 is 13.5. The van der Waals surface area contributed by atoms with Gasteiger partial charge in [0.15, 0.2) is 0 Å². The maximum atomic E-state index is 13.0. The standard InChI is InChI=1S/C10H12BrFO/c1-7(6-13)5-8-3-2-4-9(12)10(8)11/h2-4,7,13H,5-6H2,1H3. The van der Waals surface area contributed by atoms with Crippen molar-refractivity contribution in [3.05, 3.63) is 34.1 Å². The summed E-state index contributed by atoms with van der Waals surface area (Å²) in [4.78, 5) is 0. The third-order valence-electron chi connectivity index (χ3n) is 1.91. The van der Waals surface area contributed by atoms with Gasteiger partial charge in [0, 0.05) is 6.61 Å². The molecule has 3 heteroatoms. The summed E-state index contributed by atoms with van der Waals surface area (Å²) in [5.74, 6) is -0.0826. The smallest absolute Gasteiger partial charge is 0.137 e. The Bertz CT molecular complexity index is 288. The van der Waals surface area contributed by atoms with Crippen LogP contribution in [0.15, 0.2) is 22.7 Å². The van der Waals surface area contributed by atoms with Crippen molar-refractivity contribution < 1.29 is 9.50 Å². The van der Waals surface area contributed by atoms with E-state index in [9.17, 15) is 4.39 Å². The van der Waals surface area contributed by atoms with Crippen LogP contribution >= 0.6 is 15.9 Å². The first-order chi connectivity index (χ1) is 6.15. The van der Waals surface area contributed by atoms with Crippen molar-refractivity contribution in [2.45, 2.75) is 13.3 Å². The van der Waals surface area contributed by atoms with Gasteiger partial charge in [0.2, 0.25) is 0 Å². The van der Waals surface area contributed by atoms with E-state index in [-0.39, 0.29) is 18.3 Å². The van der Waals surface area contributed by atoms with Crippen molar-refractivity contribution in [3.8, 4) is 0 Å². The molecule has 1 unspecified atom stereocenters. The first kappa shape index (κ1) is 10.7. The second kappa shape index (κ2) is 4.72. The highest BCUT2D eigenvalue weighted by atomic mass is 79.9. The summed E-state index contributed by atoms with van der Waals surface area (Å²) in [6, 6.07) is 4.95. The van der Waals surface area contributed by atoms with Crippen molar-refractivity contribution >= 4 is 15.9 Å². The predicted molar refractivity (Wildman–Crippen MR) is 54.1 cm³/mol. The maximum absolute atomic E-state index is 13.0. The summed E-state index contributed by atoms with van der Waals surface area (Å²) in [6.07, 6.45) is 0.689. The van der Waals surface area contributed by atoms with Crippen molar-refractivity contribution in [3.63, 3.8) is 0 Å². The number of aliphatic hydroxyl groups is 1. The van der Waals surface area contributed by atoms with E-state index in [1.807, 2.05) is 13.0 Å². The summed E-state index contributed by atoms with van der Waals surface area (Å²) in [6.45, 7) is 2.06. The summed E-state index contributed by atoms with van der Waals surface area (Å²) in [5.41, 5.74) is 0.904. The van der Waals surface area contributed by atoms with Gasteiger partial charge in [0.1, 0.15) is 5.82 Å². The molecule has 0 aromatic heterocycles. The fourth-order valence-corrected chi connectivity index (χ4v) is 1.57. The Morgan fingerprint density at radius 2 is 2.23 bits per heavy atom. The van der Waals surface area contributed by atoms with Gasteiger partial charge in [0.05, 0.1) is 4.47 Å². The fraction of sp³-hybridized carbons (Fsp3) is 0.400. The average molecular weight is 247 g/mol. The van der Waals surface area contributed by atoms with Gasteiger partial charge < -0.3 is 5.11 Å². The van der Waals surface area contributed by atoms with Gasteiger partial charge in [-0.1, -0.05) is 19.1 Å². The molecule has 0 saturated carbocycles. The molecule has 1 aromatic rings. The minimum Gasteiger partial charge on any atom is -0.396 e. The summed E-state index contributed by atoms with van der Waals surface area (Å²) in [5, 5.41) is 8.85. The van der Waals surface area contributed by atoms with Gasteiger partial charge in [-0.05, 0) is 39.9 Å². The number of rotatable bonds is 3. The second-order valence-corrected chi connectivity index (χ2v) is 4.00. The Morgan fingerprint density at radius 3 is 2.85 bits per heavy atom. The largest absolute Gasteiger partial charge is 0.396 e. The highest BCUT2D eigenvalue weighted by molar-refractivity contribution is 9.10. The molecule has 0 aliphatic rings. The Hall–Kier alpha value is -0.410. The number of benzene rings is 1. The molecular weight excluding hydrogens is 235 g/mol. The van der Waals surface area contributed by atoms with Crippen molar-refractivity contribution in [2.75, 3.05) is 6.61 Å².